The van der Waals surface area contributed by atoms with Gasteiger partial charge < -0.3 is 36.0 Å². The van der Waals surface area contributed by atoms with Gasteiger partial charge in [-0.15, -0.1) is 0 Å². The van der Waals surface area contributed by atoms with Gasteiger partial charge in [-0.2, -0.15) is 0 Å². The number of hydrogen-bond donors (Lipinski definition) is 7. The topological polar surface area (TPSA) is 168 Å². The van der Waals surface area contributed by atoms with E-state index in [0.717, 1.165) is 19.1 Å². The zero-order chi connectivity index (χ0) is 17.0. The zero-order valence-corrected chi connectivity index (χ0v) is 11.5. The maximum absolute atomic E-state index is 11.7. The van der Waals surface area contributed by atoms with Crippen LogP contribution in [-0.2, 0) is 4.79 Å². The molecular weight excluding hydrogens is 298 g/mol. The number of aromatic hydroxyl groups is 1. The van der Waals surface area contributed by atoms with Gasteiger partial charge in [0.2, 0.25) is 0 Å². The second-order valence-electron chi connectivity index (χ2n) is 4.69. The number of rotatable bonds is 6. The lowest BCUT2D eigenvalue weighted by molar-refractivity contribution is -0.140. The molecule has 0 heterocycles. The molecule has 0 bridgehead atoms. The summed E-state index contributed by atoms with van der Waals surface area (Å²) in [6.07, 6.45) is -7.09. The monoisotopic (exact) mass is 315 g/mol. The van der Waals surface area contributed by atoms with E-state index in [-0.39, 0.29) is 5.69 Å². The normalized spacial score (nSPS) is 16.4. The Kier molecular flexibility index (Phi) is 5.83. The van der Waals surface area contributed by atoms with Crippen molar-refractivity contribution in [3.63, 3.8) is 0 Å². The largest absolute Gasteiger partial charge is 0.507 e. The van der Waals surface area contributed by atoms with Crippen LogP contribution in [0.15, 0.2) is 18.2 Å². The molecule has 0 aliphatic heterocycles. The van der Waals surface area contributed by atoms with Gasteiger partial charge in [0, 0.05) is 5.69 Å². The minimum absolute atomic E-state index is 0.0435. The van der Waals surface area contributed by atoms with E-state index in [1.54, 1.807) is 0 Å². The molecule has 0 spiro atoms. The van der Waals surface area contributed by atoms with Gasteiger partial charge in [0.05, 0.1) is 6.10 Å². The molecule has 9 nitrogen and oxygen atoms in total. The zero-order valence-electron chi connectivity index (χ0n) is 11.5. The van der Waals surface area contributed by atoms with E-state index in [9.17, 15) is 30.0 Å². The van der Waals surface area contributed by atoms with E-state index in [2.05, 4.69) is 5.32 Å². The standard InChI is InChI=1S/C13H17NO8/c1-5(15)9(17)10(18)11(19)12(20)14-6-2-3-8(16)7(4-6)13(21)22/h2-5,9-11,15-19H,1H3,(H,14,20)(H,21,22)/t5-,9-,10+,11-/m1/s1. The van der Waals surface area contributed by atoms with Crippen molar-refractivity contribution in [3.05, 3.63) is 23.8 Å². The summed E-state index contributed by atoms with van der Waals surface area (Å²) in [6, 6.07) is 3.18. The van der Waals surface area contributed by atoms with Crippen molar-refractivity contribution in [3.8, 4) is 5.75 Å². The van der Waals surface area contributed by atoms with Crippen LogP contribution in [0.4, 0.5) is 5.69 Å². The summed E-state index contributed by atoms with van der Waals surface area (Å²) in [5.41, 5.74) is -0.505. The SMILES string of the molecule is C[C@@H](O)[C@@H](O)[C@H](O)[C@@H](O)C(=O)Nc1ccc(O)c(C(=O)O)c1. The van der Waals surface area contributed by atoms with Crippen molar-refractivity contribution in [1.29, 1.82) is 0 Å². The third kappa shape index (κ3) is 4.15. The van der Waals surface area contributed by atoms with Gasteiger partial charge in [-0.3, -0.25) is 4.79 Å². The number of carbonyl (C=O) groups is 2. The van der Waals surface area contributed by atoms with Crippen LogP contribution < -0.4 is 5.32 Å². The highest BCUT2D eigenvalue weighted by atomic mass is 16.4. The highest BCUT2D eigenvalue weighted by molar-refractivity contribution is 5.97. The van der Waals surface area contributed by atoms with Crippen LogP contribution in [0.5, 0.6) is 5.75 Å². The summed E-state index contributed by atoms with van der Waals surface area (Å²) in [5, 5.41) is 57.9. The quantitative estimate of drug-likeness (QED) is 0.311. The van der Waals surface area contributed by atoms with Gasteiger partial charge in [0.15, 0.2) is 6.10 Å². The Labute approximate surface area is 125 Å². The van der Waals surface area contributed by atoms with Gasteiger partial charge in [-0.1, -0.05) is 0 Å². The molecule has 1 amide bonds. The summed E-state index contributed by atoms with van der Waals surface area (Å²) in [5.74, 6) is -3.04. The number of aliphatic hydroxyl groups excluding tert-OH is 4. The Bertz CT molecular complexity index is 559. The van der Waals surface area contributed by atoms with Crippen molar-refractivity contribution >= 4 is 17.6 Å². The van der Waals surface area contributed by atoms with Crippen molar-refractivity contribution in [1.82, 2.24) is 0 Å². The molecule has 0 aliphatic rings. The molecule has 4 atom stereocenters. The predicted molar refractivity (Wildman–Crippen MR) is 73.4 cm³/mol. The maximum atomic E-state index is 11.7. The molecule has 1 rings (SSSR count). The first-order valence-corrected chi connectivity index (χ1v) is 6.24. The fraction of sp³-hybridized carbons (Fsp3) is 0.385. The predicted octanol–water partition coefficient (Wildman–Crippen LogP) is -1.51. The summed E-state index contributed by atoms with van der Waals surface area (Å²) in [7, 11) is 0. The van der Waals surface area contributed by atoms with Crippen molar-refractivity contribution in [2.24, 2.45) is 0 Å². The Morgan fingerprint density at radius 2 is 1.68 bits per heavy atom. The maximum Gasteiger partial charge on any atom is 0.339 e. The summed E-state index contributed by atoms with van der Waals surface area (Å²) in [6.45, 7) is 1.16. The van der Waals surface area contributed by atoms with Crippen LogP contribution in [0.2, 0.25) is 0 Å². The average molecular weight is 315 g/mol. The number of hydrogen-bond acceptors (Lipinski definition) is 7. The molecule has 0 saturated carbocycles. The third-order valence-electron chi connectivity index (χ3n) is 2.93. The minimum atomic E-state index is -2.05. The third-order valence-corrected chi connectivity index (χ3v) is 2.93. The van der Waals surface area contributed by atoms with Crippen LogP contribution in [0, 0.1) is 0 Å². The molecular formula is C13H17NO8. The number of nitrogens with one attached hydrogen (secondary N) is 1. The molecule has 0 aromatic heterocycles. The van der Waals surface area contributed by atoms with E-state index in [1.807, 2.05) is 0 Å². The van der Waals surface area contributed by atoms with Gasteiger partial charge in [0.25, 0.3) is 5.91 Å². The number of aliphatic hydroxyl groups is 4. The van der Waals surface area contributed by atoms with Crippen molar-refractivity contribution in [2.75, 3.05) is 5.32 Å². The molecule has 0 saturated heterocycles. The Morgan fingerprint density at radius 1 is 1.09 bits per heavy atom. The number of carbonyl (C=O) groups excluding carboxylic acids is 1. The number of amides is 1. The fourth-order valence-corrected chi connectivity index (χ4v) is 1.63. The van der Waals surface area contributed by atoms with Crippen LogP contribution in [0.25, 0.3) is 0 Å². The lowest BCUT2D eigenvalue weighted by Gasteiger charge is -2.24. The number of carboxylic acids is 1. The average Bonchev–Trinajstić information content (AvgIpc) is 2.46. The molecule has 0 aliphatic carbocycles. The van der Waals surface area contributed by atoms with Gasteiger partial charge in [0.1, 0.15) is 23.5 Å². The second kappa shape index (κ2) is 7.18. The molecule has 7 N–H and O–H groups in total. The van der Waals surface area contributed by atoms with E-state index in [1.165, 1.54) is 6.07 Å². The molecule has 1 aromatic rings. The van der Waals surface area contributed by atoms with Crippen molar-refractivity contribution in [2.45, 2.75) is 31.3 Å². The van der Waals surface area contributed by atoms with Crippen LogP contribution in [0.3, 0.4) is 0 Å². The van der Waals surface area contributed by atoms with E-state index >= 15 is 0 Å². The van der Waals surface area contributed by atoms with E-state index < -0.39 is 47.6 Å². The van der Waals surface area contributed by atoms with E-state index in [0.29, 0.717) is 0 Å². The van der Waals surface area contributed by atoms with Gasteiger partial charge >= 0.3 is 5.97 Å². The molecule has 122 valence electrons. The fourth-order valence-electron chi connectivity index (χ4n) is 1.63. The molecule has 1 aromatic carbocycles. The smallest absolute Gasteiger partial charge is 0.339 e. The van der Waals surface area contributed by atoms with E-state index in [4.69, 9.17) is 10.2 Å². The lowest BCUT2D eigenvalue weighted by Crippen LogP contribution is -2.48. The molecule has 0 fully saturated rings. The number of phenols is 1. The van der Waals surface area contributed by atoms with Gasteiger partial charge in [-0.25, -0.2) is 4.79 Å². The first-order valence-electron chi connectivity index (χ1n) is 6.24. The number of benzene rings is 1. The minimum Gasteiger partial charge on any atom is -0.507 e. The first kappa shape index (κ1) is 17.9. The molecule has 0 radical (unpaired) electrons. The number of carboxylic acid groups (broad SMARTS) is 1. The van der Waals surface area contributed by atoms with Crippen LogP contribution in [-0.4, -0.2) is 66.9 Å². The van der Waals surface area contributed by atoms with Crippen molar-refractivity contribution < 1.29 is 40.2 Å². The summed E-state index contributed by atoms with van der Waals surface area (Å²) in [4.78, 5) is 22.6. The van der Waals surface area contributed by atoms with Crippen LogP contribution in [0.1, 0.15) is 17.3 Å². The first-order chi connectivity index (χ1) is 10.1. The molecule has 0 unspecified atom stereocenters. The lowest BCUT2D eigenvalue weighted by atomic mass is 10.0. The Balaban J connectivity index is 2.84. The Hall–Kier alpha value is -2.20. The highest BCUT2D eigenvalue weighted by Gasteiger charge is 2.32. The van der Waals surface area contributed by atoms with Gasteiger partial charge in [-0.05, 0) is 25.1 Å². The summed E-state index contributed by atoms with van der Waals surface area (Å²) < 4.78 is 0. The number of aromatic carboxylic acids is 1. The second-order valence-corrected chi connectivity index (χ2v) is 4.69. The molecule has 22 heavy (non-hydrogen) atoms. The van der Waals surface area contributed by atoms with Crippen LogP contribution >= 0.6 is 0 Å². The molecule has 9 heteroatoms. The number of anilines is 1. The Morgan fingerprint density at radius 3 is 2.18 bits per heavy atom. The highest BCUT2D eigenvalue weighted by Crippen LogP contribution is 2.21. The summed E-state index contributed by atoms with van der Waals surface area (Å²) >= 11 is 0.